The molecular formula is C11H17ClN4O. The number of hydrogen-bond acceptors (Lipinski definition) is 5. The third-order valence-electron chi connectivity index (χ3n) is 3.23. The Morgan fingerprint density at radius 1 is 1.29 bits per heavy atom. The molecular weight excluding hydrogens is 240 g/mol. The molecule has 0 amide bonds. The fourth-order valence-electron chi connectivity index (χ4n) is 1.99. The largest absolute Gasteiger partial charge is 0.464 e. The van der Waals surface area contributed by atoms with E-state index in [1.165, 1.54) is 6.42 Å². The van der Waals surface area contributed by atoms with E-state index in [4.69, 9.17) is 16.3 Å². The molecule has 94 valence electrons. The van der Waals surface area contributed by atoms with Crippen molar-refractivity contribution in [3.63, 3.8) is 0 Å². The zero-order valence-electron chi connectivity index (χ0n) is 10.2. The highest BCUT2D eigenvalue weighted by Gasteiger charge is 2.35. The molecule has 0 radical (unpaired) electrons. The number of ether oxygens (including phenoxy) is 1. The zero-order chi connectivity index (χ0) is 12.3. The van der Waals surface area contributed by atoms with Gasteiger partial charge in [0.15, 0.2) is 0 Å². The van der Waals surface area contributed by atoms with Gasteiger partial charge in [-0.25, -0.2) is 0 Å². The monoisotopic (exact) mass is 256 g/mol. The van der Waals surface area contributed by atoms with Gasteiger partial charge in [-0.3, -0.25) is 0 Å². The second-order valence-electron chi connectivity index (χ2n) is 4.26. The topological polar surface area (TPSA) is 59.9 Å². The second-order valence-corrected chi connectivity index (χ2v) is 4.59. The van der Waals surface area contributed by atoms with E-state index in [2.05, 4.69) is 27.2 Å². The molecule has 1 aliphatic rings. The highest BCUT2D eigenvalue weighted by Crippen LogP contribution is 2.37. The molecule has 1 N–H and O–H groups in total. The Labute approximate surface area is 106 Å². The van der Waals surface area contributed by atoms with E-state index in [9.17, 15) is 0 Å². The van der Waals surface area contributed by atoms with Gasteiger partial charge in [-0.2, -0.15) is 15.0 Å². The van der Waals surface area contributed by atoms with Crippen LogP contribution in [0.1, 0.15) is 39.5 Å². The summed E-state index contributed by atoms with van der Waals surface area (Å²) in [7, 11) is 0. The minimum Gasteiger partial charge on any atom is -0.464 e. The minimum absolute atomic E-state index is 0.133. The molecule has 1 aromatic rings. The Morgan fingerprint density at radius 3 is 2.59 bits per heavy atom. The molecule has 5 nitrogen and oxygen atoms in total. The summed E-state index contributed by atoms with van der Waals surface area (Å²) in [5, 5.41) is 3.52. The Bertz CT molecular complexity index is 390. The molecule has 0 bridgehead atoms. The number of nitrogens with zero attached hydrogens (tertiary/aromatic N) is 3. The predicted octanol–water partition coefficient (Wildman–Crippen LogP) is 2.67. The number of rotatable bonds is 5. The first-order valence-corrected chi connectivity index (χ1v) is 6.38. The van der Waals surface area contributed by atoms with Gasteiger partial charge < -0.3 is 10.1 Å². The normalized spacial score (nSPS) is 17.4. The molecule has 1 aliphatic carbocycles. The fourth-order valence-corrected chi connectivity index (χ4v) is 2.14. The molecule has 1 aromatic heterocycles. The van der Waals surface area contributed by atoms with Gasteiger partial charge in [0.1, 0.15) is 0 Å². The van der Waals surface area contributed by atoms with Crippen LogP contribution in [0.4, 0.5) is 5.95 Å². The lowest BCUT2D eigenvalue weighted by atomic mass is 9.75. The molecule has 17 heavy (non-hydrogen) atoms. The number of anilines is 1. The van der Waals surface area contributed by atoms with E-state index in [0.717, 1.165) is 19.3 Å². The standard InChI is InChI=1S/C11H17ClN4O/c1-3-11(6-5-7-11)16-9-13-8(12)14-10(15-9)17-4-2/h3-7H2,1-2H3,(H,13,14,15,16). The summed E-state index contributed by atoms with van der Waals surface area (Å²) in [6, 6.07) is 0.278. The van der Waals surface area contributed by atoms with Gasteiger partial charge in [-0.05, 0) is 44.2 Å². The van der Waals surface area contributed by atoms with Crippen LogP contribution in [0.15, 0.2) is 0 Å². The Kier molecular flexibility index (Phi) is 3.66. The van der Waals surface area contributed by atoms with E-state index >= 15 is 0 Å². The van der Waals surface area contributed by atoms with E-state index in [0.29, 0.717) is 12.6 Å². The van der Waals surface area contributed by atoms with Gasteiger partial charge in [-0.1, -0.05) is 6.92 Å². The molecule has 6 heteroatoms. The summed E-state index contributed by atoms with van der Waals surface area (Å²) in [5.74, 6) is 0.509. The lowest BCUT2D eigenvalue weighted by Gasteiger charge is -2.41. The van der Waals surface area contributed by atoms with Crippen molar-refractivity contribution in [2.45, 2.75) is 45.1 Å². The van der Waals surface area contributed by atoms with Gasteiger partial charge in [0.2, 0.25) is 11.2 Å². The first-order chi connectivity index (χ1) is 8.17. The van der Waals surface area contributed by atoms with Crippen LogP contribution < -0.4 is 10.1 Å². The summed E-state index contributed by atoms with van der Waals surface area (Å²) >= 11 is 5.84. The van der Waals surface area contributed by atoms with Crippen LogP contribution in [0.25, 0.3) is 0 Å². The molecule has 1 saturated carbocycles. The highest BCUT2D eigenvalue weighted by molar-refractivity contribution is 6.28. The van der Waals surface area contributed by atoms with E-state index in [1.807, 2.05) is 6.92 Å². The molecule has 0 unspecified atom stereocenters. The Balaban J connectivity index is 2.14. The number of aromatic nitrogens is 3. The van der Waals surface area contributed by atoms with Gasteiger partial charge in [0.05, 0.1) is 6.61 Å². The van der Waals surface area contributed by atoms with E-state index < -0.39 is 0 Å². The summed E-state index contributed by atoms with van der Waals surface area (Å²) in [4.78, 5) is 12.2. The molecule has 0 saturated heterocycles. The number of hydrogen-bond donors (Lipinski definition) is 1. The van der Waals surface area contributed by atoms with Gasteiger partial charge in [0, 0.05) is 5.54 Å². The van der Waals surface area contributed by atoms with Crippen LogP contribution in [0.3, 0.4) is 0 Å². The van der Waals surface area contributed by atoms with Crippen LogP contribution in [0.2, 0.25) is 5.28 Å². The summed E-state index contributed by atoms with van der Waals surface area (Å²) in [5.41, 5.74) is 0.133. The van der Waals surface area contributed by atoms with Crippen LogP contribution in [-0.2, 0) is 0 Å². The van der Waals surface area contributed by atoms with Crippen LogP contribution in [0.5, 0.6) is 6.01 Å². The maximum atomic E-state index is 5.84. The SMILES string of the molecule is CCOc1nc(Cl)nc(NC2(CC)CCC2)n1. The van der Waals surface area contributed by atoms with Crippen molar-refractivity contribution in [2.24, 2.45) is 0 Å². The van der Waals surface area contributed by atoms with Crippen molar-refractivity contribution in [3.8, 4) is 6.01 Å². The number of nitrogens with one attached hydrogen (secondary N) is 1. The quantitative estimate of drug-likeness (QED) is 0.878. The smallest absolute Gasteiger partial charge is 0.322 e. The lowest BCUT2D eigenvalue weighted by molar-refractivity contribution is 0.266. The predicted molar refractivity (Wildman–Crippen MR) is 66.5 cm³/mol. The average molecular weight is 257 g/mol. The molecule has 0 aromatic carbocycles. The van der Waals surface area contributed by atoms with Crippen molar-refractivity contribution < 1.29 is 4.74 Å². The van der Waals surface area contributed by atoms with Crippen molar-refractivity contribution >= 4 is 17.5 Å². The Hall–Kier alpha value is -1.10. The van der Waals surface area contributed by atoms with Gasteiger partial charge in [-0.15, -0.1) is 0 Å². The molecule has 1 heterocycles. The van der Waals surface area contributed by atoms with Crippen molar-refractivity contribution in [1.82, 2.24) is 15.0 Å². The molecule has 0 atom stereocenters. The van der Waals surface area contributed by atoms with Crippen molar-refractivity contribution in [2.75, 3.05) is 11.9 Å². The lowest BCUT2D eigenvalue weighted by Crippen LogP contribution is -2.44. The summed E-state index contributed by atoms with van der Waals surface area (Å²) < 4.78 is 5.24. The molecule has 2 rings (SSSR count). The average Bonchev–Trinajstić information content (AvgIpc) is 2.23. The van der Waals surface area contributed by atoms with Gasteiger partial charge in [0.25, 0.3) is 0 Å². The van der Waals surface area contributed by atoms with Crippen LogP contribution >= 0.6 is 11.6 Å². The second kappa shape index (κ2) is 5.04. The van der Waals surface area contributed by atoms with Crippen molar-refractivity contribution in [1.29, 1.82) is 0 Å². The van der Waals surface area contributed by atoms with Crippen LogP contribution in [0, 0.1) is 0 Å². The third kappa shape index (κ3) is 2.77. The fraction of sp³-hybridized carbons (Fsp3) is 0.727. The van der Waals surface area contributed by atoms with Crippen LogP contribution in [-0.4, -0.2) is 27.1 Å². The Morgan fingerprint density at radius 2 is 2.06 bits per heavy atom. The van der Waals surface area contributed by atoms with E-state index in [1.54, 1.807) is 0 Å². The highest BCUT2D eigenvalue weighted by atomic mass is 35.5. The molecule has 0 aliphatic heterocycles. The van der Waals surface area contributed by atoms with E-state index in [-0.39, 0.29) is 16.8 Å². The maximum Gasteiger partial charge on any atom is 0.322 e. The van der Waals surface area contributed by atoms with Gasteiger partial charge >= 0.3 is 6.01 Å². The molecule has 1 fully saturated rings. The summed E-state index contributed by atoms with van der Waals surface area (Å²) in [6.07, 6.45) is 4.60. The van der Waals surface area contributed by atoms with Crippen molar-refractivity contribution in [3.05, 3.63) is 5.28 Å². The first-order valence-electron chi connectivity index (χ1n) is 6.00. The zero-order valence-corrected chi connectivity index (χ0v) is 10.9. The first kappa shape index (κ1) is 12.4. The number of halogens is 1. The summed E-state index contributed by atoms with van der Waals surface area (Å²) in [6.45, 7) is 4.56. The molecule has 0 spiro atoms. The minimum atomic E-state index is 0.133. The maximum absolute atomic E-state index is 5.84. The third-order valence-corrected chi connectivity index (χ3v) is 3.39.